The highest BCUT2D eigenvalue weighted by molar-refractivity contribution is 7.92. The maximum absolute atomic E-state index is 12.4. The molecule has 0 aliphatic rings. The van der Waals surface area contributed by atoms with Crippen molar-refractivity contribution in [2.45, 2.75) is 40.7 Å². The van der Waals surface area contributed by atoms with Crippen molar-refractivity contribution in [3.8, 4) is 0 Å². The smallest absolute Gasteiger partial charge is 0.232 e. The first kappa shape index (κ1) is 21.0. The van der Waals surface area contributed by atoms with Gasteiger partial charge in [0.15, 0.2) is 0 Å². The zero-order chi connectivity index (χ0) is 20.2. The highest BCUT2D eigenvalue weighted by atomic mass is 32.2. The summed E-state index contributed by atoms with van der Waals surface area (Å²) in [6.07, 6.45) is 1.28. The number of carbonyl (C=O) groups is 1. The minimum absolute atomic E-state index is 0.103. The monoisotopic (exact) mass is 388 g/mol. The fraction of sp³-hybridized carbons (Fsp3) is 0.381. The quantitative estimate of drug-likeness (QED) is 0.791. The average Bonchev–Trinajstić information content (AvgIpc) is 2.55. The number of anilines is 1. The normalized spacial score (nSPS) is 11.3. The van der Waals surface area contributed by atoms with Crippen LogP contribution in [0.5, 0.6) is 0 Å². The van der Waals surface area contributed by atoms with Crippen LogP contribution in [0, 0.1) is 27.7 Å². The number of aryl methyl sites for hydroxylation is 4. The van der Waals surface area contributed by atoms with Crippen molar-refractivity contribution in [3.05, 3.63) is 64.2 Å². The van der Waals surface area contributed by atoms with Gasteiger partial charge in [-0.25, -0.2) is 8.42 Å². The van der Waals surface area contributed by atoms with E-state index in [0.717, 1.165) is 27.8 Å². The minimum Gasteiger partial charge on any atom is -0.352 e. The first-order chi connectivity index (χ1) is 12.6. The molecule has 0 radical (unpaired) electrons. The Bertz CT molecular complexity index is 913. The van der Waals surface area contributed by atoms with Crippen molar-refractivity contribution in [1.29, 1.82) is 0 Å². The van der Waals surface area contributed by atoms with Crippen molar-refractivity contribution >= 4 is 21.6 Å². The zero-order valence-electron chi connectivity index (χ0n) is 16.7. The Morgan fingerprint density at radius 3 is 2.15 bits per heavy atom. The molecule has 6 heteroatoms. The SMILES string of the molecule is Cc1cc(C)c(N(CCC(=O)NCc2ccccc2C)S(C)(=O)=O)c(C)c1. The summed E-state index contributed by atoms with van der Waals surface area (Å²) in [6.45, 7) is 8.32. The molecule has 0 bridgehead atoms. The van der Waals surface area contributed by atoms with Crippen molar-refractivity contribution in [2.75, 3.05) is 17.1 Å². The molecule has 0 aliphatic heterocycles. The molecule has 2 aromatic rings. The molecule has 0 heterocycles. The van der Waals surface area contributed by atoms with Crippen LogP contribution in [-0.2, 0) is 21.4 Å². The lowest BCUT2D eigenvalue weighted by molar-refractivity contribution is -0.121. The second kappa shape index (κ2) is 8.57. The fourth-order valence-corrected chi connectivity index (χ4v) is 4.35. The van der Waals surface area contributed by atoms with Gasteiger partial charge in [0.1, 0.15) is 0 Å². The van der Waals surface area contributed by atoms with Gasteiger partial charge in [0.2, 0.25) is 15.9 Å². The van der Waals surface area contributed by atoms with Crippen LogP contribution in [0.2, 0.25) is 0 Å². The number of rotatable bonds is 7. The van der Waals surface area contributed by atoms with Gasteiger partial charge < -0.3 is 5.32 Å². The van der Waals surface area contributed by atoms with Gasteiger partial charge in [-0.3, -0.25) is 9.10 Å². The lowest BCUT2D eigenvalue weighted by Gasteiger charge is -2.26. The molecule has 0 aliphatic carbocycles. The van der Waals surface area contributed by atoms with Crippen LogP contribution in [-0.4, -0.2) is 27.1 Å². The molecule has 1 amide bonds. The number of carbonyl (C=O) groups excluding carboxylic acids is 1. The number of benzene rings is 2. The van der Waals surface area contributed by atoms with Crippen LogP contribution in [0.25, 0.3) is 0 Å². The Kier molecular flexibility index (Phi) is 6.65. The van der Waals surface area contributed by atoms with Crippen LogP contribution in [0.3, 0.4) is 0 Å². The molecule has 1 N–H and O–H groups in total. The van der Waals surface area contributed by atoms with Gasteiger partial charge in [-0.1, -0.05) is 42.0 Å². The molecule has 0 unspecified atom stereocenters. The third kappa shape index (κ3) is 5.57. The number of amides is 1. The third-order valence-corrected chi connectivity index (χ3v) is 5.73. The molecule has 0 saturated heterocycles. The predicted octanol–water partition coefficient (Wildman–Crippen LogP) is 3.39. The molecule has 0 saturated carbocycles. The van der Waals surface area contributed by atoms with Gasteiger partial charge in [-0.05, 0) is 49.9 Å². The highest BCUT2D eigenvalue weighted by Gasteiger charge is 2.22. The van der Waals surface area contributed by atoms with Crippen LogP contribution in [0.1, 0.15) is 34.2 Å². The molecule has 0 fully saturated rings. The standard InChI is InChI=1S/C21H28N2O3S/c1-15-12-17(3)21(18(4)13-15)23(27(5,25)26)11-10-20(24)22-14-19-9-7-6-8-16(19)2/h6-9,12-13H,10-11,14H2,1-5H3,(H,22,24). The maximum atomic E-state index is 12.4. The Hall–Kier alpha value is -2.34. The Morgan fingerprint density at radius 1 is 1.00 bits per heavy atom. The highest BCUT2D eigenvalue weighted by Crippen LogP contribution is 2.28. The van der Waals surface area contributed by atoms with Gasteiger partial charge in [0.05, 0.1) is 11.9 Å². The largest absolute Gasteiger partial charge is 0.352 e. The first-order valence-corrected chi connectivity index (χ1v) is 10.8. The van der Waals surface area contributed by atoms with E-state index in [1.54, 1.807) is 0 Å². The first-order valence-electron chi connectivity index (χ1n) is 8.96. The lowest BCUT2D eigenvalue weighted by Crippen LogP contribution is -2.35. The third-order valence-electron chi connectivity index (χ3n) is 4.56. The molecule has 0 spiro atoms. The van der Waals surface area contributed by atoms with Crippen LogP contribution < -0.4 is 9.62 Å². The molecule has 146 valence electrons. The molecular formula is C21H28N2O3S. The van der Waals surface area contributed by atoms with E-state index in [2.05, 4.69) is 5.32 Å². The number of nitrogens with one attached hydrogen (secondary N) is 1. The molecule has 0 atom stereocenters. The summed E-state index contributed by atoms with van der Waals surface area (Å²) in [5, 5.41) is 2.88. The van der Waals surface area contributed by atoms with Crippen molar-refractivity contribution in [1.82, 2.24) is 5.32 Å². The number of sulfonamides is 1. The van der Waals surface area contributed by atoms with Crippen LogP contribution in [0.15, 0.2) is 36.4 Å². The van der Waals surface area contributed by atoms with Gasteiger partial charge in [0, 0.05) is 19.5 Å². The molecule has 0 aromatic heterocycles. The maximum Gasteiger partial charge on any atom is 0.232 e. The second-order valence-corrected chi connectivity index (χ2v) is 8.94. The van der Waals surface area contributed by atoms with E-state index in [1.807, 2.05) is 64.1 Å². The molecule has 2 aromatic carbocycles. The summed E-state index contributed by atoms with van der Waals surface area (Å²) < 4.78 is 26.0. The average molecular weight is 389 g/mol. The van der Waals surface area contributed by atoms with E-state index in [4.69, 9.17) is 0 Å². The molecule has 27 heavy (non-hydrogen) atoms. The Morgan fingerprint density at radius 2 is 1.59 bits per heavy atom. The van der Waals surface area contributed by atoms with E-state index in [-0.39, 0.29) is 18.9 Å². The summed E-state index contributed by atoms with van der Waals surface area (Å²) in [6, 6.07) is 11.8. The topological polar surface area (TPSA) is 66.5 Å². The van der Waals surface area contributed by atoms with Crippen LogP contribution >= 0.6 is 0 Å². The van der Waals surface area contributed by atoms with E-state index in [9.17, 15) is 13.2 Å². The number of hydrogen-bond acceptors (Lipinski definition) is 3. The fourth-order valence-electron chi connectivity index (χ4n) is 3.30. The van der Waals surface area contributed by atoms with Crippen LogP contribution in [0.4, 0.5) is 5.69 Å². The van der Waals surface area contributed by atoms with E-state index >= 15 is 0 Å². The predicted molar refractivity (Wildman–Crippen MR) is 110 cm³/mol. The zero-order valence-corrected chi connectivity index (χ0v) is 17.5. The second-order valence-electron chi connectivity index (χ2n) is 7.04. The summed E-state index contributed by atoms with van der Waals surface area (Å²) >= 11 is 0. The van der Waals surface area contributed by atoms with E-state index < -0.39 is 10.0 Å². The molecular weight excluding hydrogens is 360 g/mol. The Labute approximate surface area is 162 Å². The van der Waals surface area contributed by atoms with E-state index in [1.165, 1.54) is 10.6 Å². The van der Waals surface area contributed by atoms with Crippen molar-refractivity contribution in [3.63, 3.8) is 0 Å². The van der Waals surface area contributed by atoms with Crippen molar-refractivity contribution < 1.29 is 13.2 Å². The molecule has 2 rings (SSSR count). The van der Waals surface area contributed by atoms with Crippen molar-refractivity contribution in [2.24, 2.45) is 0 Å². The van der Waals surface area contributed by atoms with E-state index in [0.29, 0.717) is 12.2 Å². The van der Waals surface area contributed by atoms with Gasteiger partial charge in [0.25, 0.3) is 0 Å². The summed E-state index contributed by atoms with van der Waals surface area (Å²) in [4.78, 5) is 12.3. The summed E-state index contributed by atoms with van der Waals surface area (Å²) in [7, 11) is -3.49. The number of nitrogens with zero attached hydrogens (tertiary/aromatic N) is 1. The Balaban J connectivity index is 2.10. The van der Waals surface area contributed by atoms with Gasteiger partial charge in [-0.2, -0.15) is 0 Å². The van der Waals surface area contributed by atoms with Gasteiger partial charge >= 0.3 is 0 Å². The van der Waals surface area contributed by atoms with Gasteiger partial charge in [-0.15, -0.1) is 0 Å². The minimum atomic E-state index is -3.49. The molecule has 5 nitrogen and oxygen atoms in total. The lowest BCUT2D eigenvalue weighted by atomic mass is 10.1. The summed E-state index contributed by atoms with van der Waals surface area (Å²) in [5.41, 5.74) is 5.68. The summed E-state index contributed by atoms with van der Waals surface area (Å²) in [5.74, 6) is -0.172. The number of hydrogen-bond donors (Lipinski definition) is 1.